The number of benzene rings is 1. The molecule has 0 aliphatic carbocycles. The third-order valence-corrected chi connectivity index (χ3v) is 3.47. The average Bonchev–Trinajstić information content (AvgIpc) is 2.33. The number of hydrogen-bond acceptors (Lipinski definition) is 4. The first kappa shape index (κ1) is 15.3. The topological polar surface area (TPSA) is 50.7 Å². The third kappa shape index (κ3) is 4.47. The molecule has 2 N–H and O–H groups in total. The Bertz CT molecular complexity index is 423. The molecule has 1 fully saturated rings. The highest BCUT2D eigenvalue weighted by Crippen LogP contribution is 2.24. The van der Waals surface area contributed by atoms with Crippen LogP contribution in [-0.4, -0.2) is 44.1 Å². The van der Waals surface area contributed by atoms with Crippen LogP contribution in [0, 0.1) is 19.3 Å². The van der Waals surface area contributed by atoms with E-state index in [1.807, 2.05) is 26.0 Å². The first-order valence-corrected chi connectivity index (χ1v) is 7.14. The number of nitrogens with one attached hydrogen (secondary N) is 1. The van der Waals surface area contributed by atoms with E-state index in [9.17, 15) is 5.11 Å². The molecule has 1 unspecified atom stereocenters. The Kier molecular flexibility index (Phi) is 5.02. The first-order valence-electron chi connectivity index (χ1n) is 7.14. The fourth-order valence-electron chi connectivity index (χ4n) is 2.36. The zero-order valence-electron chi connectivity index (χ0n) is 12.6. The van der Waals surface area contributed by atoms with Crippen molar-refractivity contribution < 1.29 is 14.6 Å². The quantitative estimate of drug-likeness (QED) is 0.797. The van der Waals surface area contributed by atoms with Crippen LogP contribution in [0.15, 0.2) is 18.2 Å². The second-order valence-electron chi connectivity index (χ2n) is 6.22. The highest BCUT2D eigenvalue weighted by atomic mass is 16.5. The molecule has 1 aliphatic rings. The lowest BCUT2D eigenvalue weighted by Crippen LogP contribution is -2.48. The SMILES string of the molecule is Cc1cc(C)cc(OCC(O)CNCC2(C)COC2)c1. The molecule has 112 valence electrons. The van der Waals surface area contributed by atoms with Crippen molar-refractivity contribution in [3.63, 3.8) is 0 Å². The summed E-state index contributed by atoms with van der Waals surface area (Å²) in [6.07, 6.45) is -0.500. The minimum atomic E-state index is -0.500. The lowest BCUT2D eigenvalue weighted by molar-refractivity contribution is -0.0997. The van der Waals surface area contributed by atoms with Gasteiger partial charge in [-0.05, 0) is 37.1 Å². The lowest BCUT2D eigenvalue weighted by Gasteiger charge is -2.38. The molecule has 4 heteroatoms. The van der Waals surface area contributed by atoms with Crippen LogP contribution in [0.2, 0.25) is 0 Å². The predicted molar refractivity (Wildman–Crippen MR) is 79.2 cm³/mol. The summed E-state index contributed by atoms with van der Waals surface area (Å²) < 4.78 is 10.8. The van der Waals surface area contributed by atoms with Gasteiger partial charge in [0.05, 0.1) is 13.2 Å². The number of aliphatic hydroxyl groups excluding tert-OH is 1. The van der Waals surface area contributed by atoms with E-state index in [1.165, 1.54) is 11.1 Å². The van der Waals surface area contributed by atoms with Gasteiger partial charge in [-0.25, -0.2) is 0 Å². The fraction of sp³-hybridized carbons (Fsp3) is 0.625. The first-order chi connectivity index (χ1) is 9.47. The van der Waals surface area contributed by atoms with Crippen molar-refractivity contribution in [1.29, 1.82) is 0 Å². The van der Waals surface area contributed by atoms with Crippen LogP contribution in [-0.2, 0) is 4.74 Å². The largest absolute Gasteiger partial charge is 0.491 e. The number of aliphatic hydroxyl groups is 1. The van der Waals surface area contributed by atoms with Gasteiger partial charge < -0.3 is 19.9 Å². The van der Waals surface area contributed by atoms with Gasteiger partial charge in [0.1, 0.15) is 18.5 Å². The van der Waals surface area contributed by atoms with E-state index >= 15 is 0 Å². The highest BCUT2D eigenvalue weighted by molar-refractivity contribution is 5.32. The predicted octanol–water partition coefficient (Wildman–Crippen LogP) is 1.67. The van der Waals surface area contributed by atoms with E-state index in [2.05, 4.69) is 18.3 Å². The molecule has 0 radical (unpaired) electrons. The average molecular weight is 279 g/mol. The maximum Gasteiger partial charge on any atom is 0.119 e. The molecule has 1 aromatic rings. The zero-order valence-corrected chi connectivity index (χ0v) is 12.6. The Morgan fingerprint density at radius 3 is 2.50 bits per heavy atom. The van der Waals surface area contributed by atoms with Gasteiger partial charge >= 0.3 is 0 Å². The van der Waals surface area contributed by atoms with Crippen molar-refractivity contribution in [3.8, 4) is 5.75 Å². The van der Waals surface area contributed by atoms with Crippen molar-refractivity contribution in [3.05, 3.63) is 29.3 Å². The second kappa shape index (κ2) is 6.57. The summed E-state index contributed by atoms with van der Waals surface area (Å²) in [6, 6.07) is 6.08. The summed E-state index contributed by atoms with van der Waals surface area (Å²) in [7, 11) is 0. The molecule has 0 spiro atoms. The van der Waals surface area contributed by atoms with E-state index in [1.54, 1.807) is 0 Å². The molecular weight excluding hydrogens is 254 g/mol. The van der Waals surface area contributed by atoms with E-state index in [0.29, 0.717) is 13.2 Å². The van der Waals surface area contributed by atoms with E-state index < -0.39 is 6.10 Å². The Morgan fingerprint density at radius 1 is 1.30 bits per heavy atom. The van der Waals surface area contributed by atoms with Gasteiger partial charge in [0, 0.05) is 18.5 Å². The van der Waals surface area contributed by atoms with Crippen LogP contribution in [0.3, 0.4) is 0 Å². The van der Waals surface area contributed by atoms with Crippen LogP contribution in [0.1, 0.15) is 18.1 Å². The molecule has 1 atom stereocenters. The van der Waals surface area contributed by atoms with Gasteiger partial charge in [-0.1, -0.05) is 13.0 Å². The Morgan fingerprint density at radius 2 is 1.95 bits per heavy atom. The highest BCUT2D eigenvalue weighted by Gasteiger charge is 2.32. The van der Waals surface area contributed by atoms with Crippen LogP contribution >= 0.6 is 0 Å². The zero-order chi connectivity index (χ0) is 14.6. The summed E-state index contributed by atoms with van der Waals surface area (Å²) in [4.78, 5) is 0. The maximum absolute atomic E-state index is 9.92. The Balaban J connectivity index is 1.67. The van der Waals surface area contributed by atoms with Crippen molar-refractivity contribution in [2.24, 2.45) is 5.41 Å². The molecular formula is C16H25NO3. The second-order valence-corrected chi connectivity index (χ2v) is 6.22. The normalized spacial score (nSPS) is 18.4. The molecule has 0 bridgehead atoms. The minimum absolute atomic E-state index is 0.230. The molecule has 1 heterocycles. The molecule has 4 nitrogen and oxygen atoms in total. The Labute approximate surface area is 121 Å². The summed E-state index contributed by atoms with van der Waals surface area (Å²) in [6.45, 7) is 9.59. The molecule has 1 aliphatic heterocycles. The standard InChI is InChI=1S/C16H25NO3/c1-12-4-13(2)6-15(5-12)20-8-14(18)7-17-9-16(3)10-19-11-16/h4-6,14,17-18H,7-11H2,1-3H3. The molecule has 1 saturated heterocycles. The molecule has 0 aromatic heterocycles. The summed E-state index contributed by atoms with van der Waals surface area (Å²) in [5.41, 5.74) is 2.57. The molecule has 0 amide bonds. The van der Waals surface area contributed by atoms with Crippen LogP contribution in [0.25, 0.3) is 0 Å². The number of aryl methyl sites for hydroxylation is 2. The van der Waals surface area contributed by atoms with Crippen molar-refractivity contribution in [1.82, 2.24) is 5.32 Å². The lowest BCUT2D eigenvalue weighted by atomic mass is 9.89. The van der Waals surface area contributed by atoms with Gasteiger partial charge in [0.15, 0.2) is 0 Å². The Hall–Kier alpha value is -1.10. The van der Waals surface area contributed by atoms with Crippen LogP contribution in [0.4, 0.5) is 0 Å². The van der Waals surface area contributed by atoms with Crippen molar-refractivity contribution >= 4 is 0 Å². The van der Waals surface area contributed by atoms with Gasteiger partial charge in [-0.15, -0.1) is 0 Å². The smallest absolute Gasteiger partial charge is 0.119 e. The van der Waals surface area contributed by atoms with Crippen LogP contribution < -0.4 is 10.1 Å². The van der Waals surface area contributed by atoms with Crippen LogP contribution in [0.5, 0.6) is 5.75 Å². The molecule has 20 heavy (non-hydrogen) atoms. The molecule has 1 aromatic carbocycles. The summed E-state index contributed by atoms with van der Waals surface area (Å²) in [5, 5.41) is 13.2. The van der Waals surface area contributed by atoms with Gasteiger partial charge in [-0.2, -0.15) is 0 Å². The fourth-order valence-corrected chi connectivity index (χ4v) is 2.36. The van der Waals surface area contributed by atoms with Gasteiger partial charge in [0.25, 0.3) is 0 Å². The van der Waals surface area contributed by atoms with Gasteiger partial charge in [0.2, 0.25) is 0 Å². The maximum atomic E-state index is 9.92. The summed E-state index contributed by atoms with van der Waals surface area (Å²) in [5.74, 6) is 0.820. The number of ether oxygens (including phenoxy) is 2. The third-order valence-electron chi connectivity index (χ3n) is 3.47. The minimum Gasteiger partial charge on any atom is -0.491 e. The monoisotopic (exact) mass is 279 g/mol. The number of rotatable bonds is 7. The summed E-state index contributed by atoms with van der Waals surface area (Å²) >= 11 is 0. The number of hydrogen-bond donors (Lipinski definition) is 2. The van der Waals surface area contributed by atoms with E-state index in [-0.39, 0.29) is 5.41 Å². The van der Waals surface area contributed by atoms with Crippen molar-refractivity contribution in [2.75, 3.05) is 32.9 Å². The molecule has 2 rings (SSSR count). The van der Waals surface area contributed by atoms with E-state index in [4.69, 9.17) is 9.47 Å². The van der Waals surface area contributed by atoms with Gasteiger partial charge in [-0.3, -0.25) is 0 Å². The molecule has 0 saturated carbocycles. The van der Waals surface area contributed by atoms with E-state index in [0.717, 1.165) is 25.5 Å². The van der Waals surface area contributed by atoms with Crippen molar-refractivity contribution in [2.45, 2.75) is 26.9 Å².